The van der Waals surface area contributed by atoms with Crippen molar-refractivity contribution in [2.45, 2.75) is 24.8 Å². The second-order valence-corrected chi connectivity index (χ2v) is 6.37. The summed E-state index contributed by atoms with van der Waals surface area (Å²) in [4.78, 5) is 28.7. The molecular formula is C19H18N4O3. The van der Waals surface area contributed by atoms with Crippen molar-refractivity contribution < 1.29 is 14.3 Å². The summed E-state index contributed by atoms with van der Waals surface area (Å²) in [5.74, 6) is -0.928. The fraction of sp³-hybridized carbons (Fsp3) is 0.263. The third-order valence-electron chi connectivity index (χ3n) is 4.75. The average Bonchev–Trinajstić information content (AvgIpc) is 3.08. The first-order chi connectivity index (χ1) is 12.7. The van der Waals surface area contributed by atoms with Gasteiger partial charge in [0.05, 0.1) is 11.7 Å². The predicted molar refractivity (Wildman–Crippen MR) is 93.4 cm³/mol. The van der Waals surface area contributed by atoms with Gasteiger partial charge in [0.1, 0.15) is 5.56 Å². The second-order valence-electron chi connectivity index (χ2n) is 6.37. The van der Waals surface area contributed by atoms with Crippen LogP contribution < -0.4 is 5.32 Å². The second kappa shape index (κ2) is 6.59. The molecule has 0 unspecified atom stereocenters. The molecule has 1 fully saturated rings. The first kappa shape index (κ1) is 16.3. The minimum atomic E-state index is -0.615. The number of hydrogen-bond donors (Lipinski definition) is 1. The number of aromatic nitrogens is 3. The molecule has 0 atom stereocenters. The Hall–Kier alpha value is -3.22. The number of esters is 1. The number of rotatable bonds is 5. The molecule has 1 aliphatic rings. The van der Waals surface area contributed by atoms with Gasteiger partial charge in [-0.05, 0) is 30.9 Å². The van der Waals surface area contributed by atoms with Crippen LogP contribution in [0.3, 0.4) is 0 Å². The lowest BCUT2D eigenvalue weighted by atomic mass is 9.72. The van der Waals surface area contributed by atoms with E-state index in [1.165, 1.54) is 10.7 Å². The zero-order chi connectivity index (χ0) is 18.0. The van der Waals surface area contributed by atoms with E-state index in [4.69, 9.17) is 4.74 Å². The molecule has 2 heterocycles. The van der Waals surface area contributed by atoms with Crippen LogP contribution in [0.2, 0.25) is 0 Å². The highest BCUT2D eigenvalue weighted by Crippen LogP contribution is 2.41. The van der Waals surface area contributed by atoms with Gasteiger partial charge in [-0.3, -0.25) is 4.79 Å². The largest absolute Gasteiger partial charge is 0.452 e. The molecule has 0 bridgehead atoms. The maximum Gasteiger partial charge on any atom is 0.344 e. The number of carbonyl (C=O) groups is 2. The van der Waals surface area contributed by atoms with E-state index >= 15 is 0 Å². The van der Waals surface area contributed by atoms with Gasteiger partial charge in [0, 0.05) is 12.4 Å². The summed E-state index contributed by atoms with van der Waals surface area (Å²) in [6.07, 6.45) is 7.47. The topological polar surface area (TPSA) is 85.6 Å². The van der Waals surface area contributed by atoms with E-state index in [0.29, 0.717) is 5.65 Å². The first-order valence-corrected chi connectivity index (χ1v) is 8.50. The standard InChI is InChI=1S/C19H18N4O3/c24-16(22-19(8-4-9-19)14-6-2-1-3-7-14)13-26-18(25)15-12-21-23-11-5-10-20-17(15)23/h1-3,5-7,10-12H,4,8-9,13H2,(H,22,24). The quantitative estimate of drug-likeness (QED) is 0.712. The lowest BCUT2D eigenvalue weighted by molar-refractivity contribution is -0.127. The number of carbonyl (C=O) groups excluding carboxylic acids is 2. The number of nitrogens with one attached hydrogen (secondary N) is 1. The summed E-state index contributed by atoms with van der Waals surface area (Å²) in [6, 6.07) is 11.6. The molecule has 2 aromatic heterocycles. The van der Waals surface area contributed by atoms with E-state index in [-0.39, 0.29) is 23.6 Å². The predicted octanol–water partition coefficient (Wildman–Crippen LogP) is 2.08. The molecule has 0 spiro atoms. The number of hydrogen-bond acceptors (Lipinski definition) is 5. The molecule has 3 aromatic rings. The van der Waals surface area contributed by atoms with Gasteiger partial charge in [-0.2, -0.15) is 5.10 Å². The third kappa shape index (κ3) is 2.92. The van der Waals surface area contributed by atoms with Gasteiger partial charge < -0.3 is 10.1 Å². The van der Waals surface area contributed by atoms with E-state index in [9.17, 15) is 9.59 Å². The van der Waals surface area contributed by atoms with Crippen LogP contribution >= 0.6 is 0 Å². The van der Waals surface area contributed by atoms with Gasteiger partial charge in [0.2, 0.25) is 0 Å². The zero-order valence-electron chi connectivity index (χ0n) is 14.1. The van der Waals surface area contributed by atoms with Crippen molar-refractivity contribution in [1.29, 1.82) is 0 Å². The van der Waals surface area contributed by atoms with E-state index in [0.717, 1.165) is 24.8 Å². The molecule has 26 heavy (non-hydrogen) atoms. The molecule has 4 rings (SSSR count). The summed E-state index contributed by atoms with van der Waals surface area (Å²) < 4.78 is 6.64. The molecular weight excluding hydrogens is 332 g/mol. The highest BCUT2D eigenvalue weighted by atomic mass is 16.5. The molecule has 0 aliphatic heterocycles. The van der Waals surface area contributed by atoms with Gasteiger partial charge in [-0.1, -0.05) is 30.3 Å². The van der Waals surface area contributed by atoms with Crippen molar-refractivity contribution in [3.63, 3.8) is 0 Å². The Balaban J connectivity index is 1.40. The molecule has 0 saturated heterocycles. The summed E-state index contributed by atoms with van der Waals surface area (Å²) in [5.41, 5.74) is 1.37. The molecule has 132 valence electrons. The van der Waals surface area contributed by atoms with Crippen LogP contribution in [0.5, 0.6) is 0 Å². The Morgan fingerprint density at radius 3 is 2.73 bits per heavy atom. The molecule has 7 nitrogen and oxygen atoms in total. The highest BCUT2D eigenvalue weighted by Gasteiger charge is 2.39. The van der Waals surface area contributed by atoms with E-state index in [1.807, 2.05) is 30.3 Å². The van der Waals surface area contributed by atoms with Gasteiger partial charge >= 0.3 is 5.97 Å². The third-order valence-corrected chi connectivity index (χ3v) is 4.75. The summed E-state index contributed by atoms with van der Waals surface area (Å²) in [7, 11) is 0. The van der Waals surface area contributed by atoms with Crippen molar-refractivity contribution in [2.24, 2.45) is 0 Å². The zero-order valence-corrected chi connectivity index (χ0v) is 14.1. The number of ether oxygens (including phenoxy) is 1. The van der Waals surface area contributed by atoms with Gasteiger partial charge in [-0.15, -0.1) is 0 Å². The monoisotopic (exact) mass is 350 g/mol. The van der Waals surface area contributed by atoms with Crippen molar-refractivity contribution in [1.82, 2.24) is 19.9 Å². The van der Waals surface area contributed by atoms with Crippen molar-refractivity contribution >= 4 is 17.5 Å². The van der Waals surface area contributed by atoms with Crippen molar-refractivity contribution in [2.75, 3.05) is 6.61 Å². The minimum absolute atomic E-state index is 0.236. The summed E-state index contributed by atoms with van der Waals surface area (Å²) in [6.45, 7) is -0.336. The first-order valence-electron chi connectivity index (χ1n) is 8.50. The number of nitrogens with zero attached hydrogens (tertiary/aromatic N) is 3. The molecule has 1 N–H and O–H groups in total. The Morgan fingerprint density at radius 2 is 2.00 bits per heavy atom. The number of amides is 1. The summed E-state index contributed by atoms with van der Waals surface area (Å²) >= 11 is 0. The van der Waals surface area contributed by atoms with E-state index in [1.54, 1.807) is 18.5 Å². The number of benzene rings is 1. The van der Waals surface area contributed by atoms with Crippen LogP contribution in [0, 0.1) is 0 Å². The van der Waals surface area contributed by atoms with Crippen LogP contribution in [0.15, 0.2) is 55.0 Å². The van der Waals surface area contributed by atoms with Crippen LogP contribution in [-0.2, 0) is 15.1 Å². The molecule has 1 aromatic carbocycles. The summed E-state index contributed by atoms with van der Waals surface area (Å²) in [5, 5.41) is 7.07. The minimum Gasteiger partial charge on any atom is -0.452 e. The number of fused-ring (bicyclic) bond motifs is 1. The van der Waals surface area contributed by atoms with Crippen LogP contribution in [0.1, 0.15) is 35.2 Å². The lowest BCUT2D eigenvalue weighted by Crippen LogP contribution is -2.51. The molecule has 0 radical (unpaired) electrons. The molecule has 7 heteroatoms. The van der Waals surface area contributed by atoms with E-state index < -0.39 is 5.97 Å². The molecule has 1 aliphatic carbocycles. The Morgan fingerprint density at radius 1 is 1.19 bits per heavy atom. The Kier molecular flexibility index (Phi) is 4.12. The SMILES string of the molecule is O=C(COC(=O)c1cnn2cccnc12)NC1(c2ccccc2)CCC1. The lowest BCUT2D eigenvalue weighted by Gasteiger charge is -2.43. The fourth-order valence-electron chi connectivity index (χ4n) is 3.26. The van der Waals surface area contributed by atoms with Crippen LogP contribution in [0.4, 0.5) is 0 Å². The van der Waals surface area contributed by atoms with Gasteiger partial charge in [-0.25, -0.2) is 14.3 Å². The van der Waals surface area contributed by atoms with E-state index in [2.05, 4.69) is 15.4 Å². The Labute approximate surface area is 150 Å². The molecule has 1 amide bonds. The van der Waals surface area contributed by atoms with Crippen molar-refractivity contribution in [3.8, 4) is 0 Å². The Bertz CT molecular complexity index is 948. The molecule has 1 saturated carbocycles. The normalized spacial score (nSPS) is 15.2. The fourth-order valence-corrected chi connectivity index (χ4v) is 3.26. The van der Waals surface area contributed by atoms with Crippen LogP contribution in [-0.4, -0.2) is 33.1 Å². The smallest absolute Gasteiger partial charge is 0.344 e. The average molecular weight is 350 g/mol. The maximum atomic E-state index is 12.3. The van der Waals surface area contributed by atoms with Gasteiger partial charge in [0.15, 0.2) is 12.3 Å². The van der Waals surface area contributed by atoms with Crippen molar-refractivity contribution in [3.05, 3.63) is 66.1 Å². The van der Waals surface area contributed by atoms with Gasteiger partial charge in [0.25, 0.3) is 5.91 Å². The van der Waals surface area contributed by atoms with Crippen LogP contribution in [0.25, 0.3) is 5.65 Å². The highest BCUT2D eigenvalue weighted by molar-refractivity contribution is 5.96. The maximum absolute atomic E-state index is 12.3.